The number of hydrogen-bond acceptors (Lipinski definition) is 6. The number of ether oxygens (including phenoxy) is 1. The zero-order valence-corrected chi connectivity index (χ0v) is 19.7. The third-order valence-electron chi connectivity index (χ3n) is 6.34. The number of amides is 2. The Morgan fingerprint density at radius 3 is 2.82 bits per heavy atom. The van der Waals surface area contributed by atoms with E-state index in [1.165, 1.54) is 23.5 Å². The summed E-state index contributed by atoms with van der Waals surface area (Å²) >= 11 is 1.45. The van der Waals surface area contributed by atoms with Crippen molar-refractivity contribution in [3.05, 3.63) is 57.3 Å². The van der Waals surface area contributed by atoms with E-state index in [0.717, 1.165) is 55.6 Å². The van der Waals surface area contributed by atoms with Gasteiger partial charge in [0, 0.05) is 29.7 Å². The van der Waals surface area contributed by atoms with E-state index in [4.69, 9.17) is 9.26 Å². The van der Waals surface area contributed by atoms with Gasteiger partial charge in [-0.3, -0.25) is 9.59 Å². The van der Waals surface area contributed by atoms with Gasteiger partial charge < -0.3 is 19.9 Å². The van der Waals surface area contributed by atoms with Crippen molar-refractivity contribution in [3.63, 3.8) is 0 Å². The molecule has 3 heterocycles. The molecule has 34 heavy (non-hydrogen) atoms. The van der Waals surface area contributed by atoms with Crippen LogP contribution < -0.4 is 10.6 Å². The summed E-state index contributed by atoms with van der Waals surface area (Å²) in [6, 6.07) is 6.18. The number of carbonyl (C=O) groups is 2. The lowest BCUT2D eigenvalue weighted by atomic mass is 9.95. The van der Waals surface area contributed by atoms with Crippen molar-refractivity contribution in [2.75, 3.05) is 18.5 Å². The first-order chi connectivity index (χ1) is 16.5. The van der Waals surface area contributed by atoms with Crippen LogP contribution in [0.2, 0.25) is 0 Å². The molecular weight excluding hydrogens is 457 g/mol. The number of nitrogens with zero attached hydrogens (tertiary/aromatic N) is 1. The zero-order chi connectivity index (χ0) is 23.7. The lowest BCUT2D eigenvalue weighted by Crippen LogP contribution is -2.32. The quantitative estimate of drug-likeness (QED) is 0.521. The first kappa shape index (κ1) is 22.7. The normalized spacial score (nSPS) is 17.4. The van der Waals surface area contributed by atoms with E-state index in [9.17, 15) is 14.0 Å². The minimum absolute atomic E-state index is 0.0385. The molecule has 9 heteroatoms. The molecule has 1 aromatic carbocycles. The molecule has 0 saturated carbocycles. The molecule has 3 aromatic rings. The topological polar surface area (TPSA) is 93.5 Å². The highest BCUT2D eigenvalue weighted by molar-refractivity contribution is 7.17. The first-order valence-corrected chi connectivity index (χ1v) is 12.4. The third kappa shape index (κ3) is 4.63. The molecule has 1 saturated heterocycles. The third-order valence-corrected chi connectivity index (χ3v) is 7.55. The van der Waals surface area contributed by atoms with Crippen LogP contribution in [0.15, 0.2) is 28.8 Å². The van der Waals surface area contributed by atoms with Crippen LogP contribution in [0.5, 0.6) is 0 Å². The molecular formula is C25H26FN3O4S. The lowest BCUT2D eigenvalue weighted by Gasteiger charge is -2.15. The summed E-state index contributed by atoms with van der Waals surface area (Å²) in [7, 11) is 0. The van der Waals surface area contributed by atoms with Crippen molar-refractivity contribution in [1.82, 2.24) is 10.5 Å². The summed E-state index contributed by atoms with van der Waals surface area (Å²) in [5.41, 5.74) is 2.64. The second kappa shape index (κ2) is 9.68. The van der Waals surface area contributed by atoms with Gasteiger partial charge in [0.15, 0.2) is 11.5 Å². The molecule has 1 atom stereocenters. The monoisotopic (exact) mass is 483 g/mol. The fraction of sp³-hybridized carbons (Fsp3) is 0.400. The van der Waals surface area contributed by atoms with E-state index >= 15 is 0 Å². The van der Waals surface area contributed by atoms with Gasteiger partial charge in [-0.15, -0.1) is 11.3 Å². The zero-order valence-electron chi connectivity index (χ0n) is 18.9. The molecule has 1 fully saturated rings. The van der Waals surface area contributed by atoms with Crippen LogP contribution in [0.1, 0.15) is 62.5 Å². The van der Waals surface area contributed by atoms with Crippen LogP contribution in [-0.4, -0.2) is 36.2 Å². The summed E-state index contributed by atoms with van der Waals surface area (Å²) < 4.78 is 24.8. The Morgan fingerprint density at radius 2 is 2.03 bits per heavy atom. The second-order valence-corrected chi connectivity index (χ2v) is 9.86. The maximum absolute atomic E-state index is 13.9. The molecule has 0 unspecified atom stereocenters. The van der Waals surface area contributed by atoms with E-state index in [-0.39, 0.29) is 23.5 Å². The van der Waals surface area contributed by atoms with E-state index in [1.54, 1.807) is 19.1 Å². The number of halogens is 1. The summed E-state index contributed by atoms with van der Waals surface area (Å²) in [6.45, 7) is 2.86. The van der Waals surface area contributed by atoms with Crippen molar-refractivity contribution < 1.29 is 23.2 Å². The average Bonchev–Trinajstić information content (AvgIpc) is 3.59. The van der Waals surface area contributed by atoms with Crippen LogP contribution in [-0.2, 0) is 17.6 Å². The maximum atomic E-state index is 13.9. The van der Waals surface area contributed by atoms with Crippen LogP contribution in [0.4, 0.5) is 9.39 Å². The Hall–Kier alpha value is -3.04. The molecule has 2 aromatic heterocycles. The van der Waals surface area contributed by atoms with Crippen LogP contribution in [0, 0.1) is 12.7 Å². The molecule has 178 valence electrons. The van der Waals surface area contributed by atoms with Crippen molar-refractivity contribution in [1.29, 1.82) is 0 Å². The molecule has 2 amide bonds. The van der Waals surface area contributed by atoms with Crippen LogP contribution in [0.3, 0.4) is 0 Å². The van der Waals surface area contributed by atoms with E-state index in [1.807, 2.05) is 0 Å². The Kier molecular flexibility index (Phi) is 6.47. The fourth-order valence-electron chi connectivity index (χ4n) is 4.43. The largest absolute Gasteiger partial charge is 0.376 e. The number of nitrogens with one attached hydrogen (secondary N) is 2. The number of fused-ring (bicyclic) bond motifs is 1. The van der Waals surface area contributed by atoms with Crippen molar-refractivity contribution >= 4 is 28.2 Å². The Bertz CT molecular complexity index is 1230. The summed E-state index contributed by atoms with van der Waals surface area (Å²) in [6.07, 6.45) is 5.78. The smallest absolute Gasteiger partial charge is 0.278 e. The van der Waals surface area contributed by atoms with Gasteiger partial charge in [0.2, 0.25) is 0 Å². The highest BCUT2D eigenvalue weighted by atomic mass is 32.1. The molecule has 7 nitrogen and oxygen atoms in total. The Balaban J connectivity index is 1.36. The fourth-order valence-corrected chi connectivity index (χ4v) is 5.71. The molecule has 5 rings (SSSR count). The van der Waals surface area contributed by atoms with Gasteiger partial charge >= 0.3 is 0 Å². The van der Waals surface area contributed by atoms with Gasteiger partial charge in [-0.05, 0) is 62.6 Å². The van der Waals surface area contributed by atoms with Crippen molar-refractivity contribution in [2.45, 2.75) is 51.6 Å². The predicted octanol–water partition coefficient (Wildman–Crippen LogP) is 4.89. The molecule has 2 N–H and O–H groups in total. The number of aryl methyl sites for hydroxylation is 2. The number of aromatic nitrogens is 1. The average molecular weight is 484 g/mol. The second-order valence-electron chi connectivity index (χ2n) is 8.75. The highest BCUT2D eigenvalue weighted by Gasteiger charge is 2.28. The van der Waals surface area contributed by atoms with Gasteiger partial charge in [0.1, 0.15) is 10.8 Å². The van der Waals surface area contributed by atoms with Gasteiger partial charge in [-0.2, -0.15) is 0 Å². The number of rotatable bonds is 6. The highest BCUT2D eigenvalue weighted by Crippen LogP contribution is 2.38. The number of carbonyl (C=O) groups excluding carboxylic acids is 2. The minimum Gasteiger partial charge on any atom is -0.376 e. The van der Waals surface area contributed by atoms with Crippen LogP contribution >= 0.6 is 11.3 Å². The van der Waals surface area contributed by atoms with Crippen LogP contribution in [0.25, 0.3) is 11.3 Å². The van der Waals surface area contributed by atoms with Gasteiger partial charge in [0.25, 0.3) is 11.8 Å². The molecule has 0 radical (unpaired) electrons. The van der Waals surface area contributed by atoms with Gasteiger partial charge in [0.05, 0.1) is 11.7 Å². The molecule has 2 aliphatic rings. The summed E-state index contributed by atoms with van der Waals surface area (Å²) in [5.74, 6) is -0.734. The number of anilines is 1. The molecule has 0 bridgehead atoms. The van der Waals surface area contributed by atoms with E-state index < -0.39 is 5.91 Å². The number of benzene rings is 1. The molecule has 1 aliphatic heterocycles. The van der Waals surface area contributed by atoms with Crippen molar-refractivity contribution in [2.24, 2.45) is 0 Å². The maximum Gasteiger partial charge on any atom is 0.278 e. The van der Waals surface area contributed by atoms with E-state index in [0.29, 0.717) is 34.0 Å². The molecule has 0 spiro atoms. The SMILES string of the molecule is Cc1ccc(-c2cc(C(=O)Nc3sc4c(c3C(=O)NC[C@H]3CCCO3)CCCC4)no2)cc1F. The Morgan fingerprint density at radius 1 is 1.18 bits per heavy atom. The predicted molar refractivity (Wildman–Crippen MR) is 127 cm³/mol. The van der Waals surface area contributed by atoms with E-state index in [2.05, 4.69) is 15.8 Å². The Labute approximate surface area is 200 Å². The first-order valence-electron chi connectivity index (χ1n) is 11.6. The summed E-state index contributed by atoms with van der Waals surface area (Å²) in [4.78, 5) is 27.3. The lowest BCUT2D eigenvalue weighted by molar-refractivity contribution is 0.0858. The standard InChI is InChI=1S/C25H26FN3O4S/c1-14-8-9-15(11-18(14)26)20-12-19(29-33-20)23(30)28-25-22(17-6-2-3-7-21(17)34-25)24(31)27-13-16-5-4-10-32-16/h8-9,11-12,16H,2-7,10,13H2,1H3,(H,27,31)(H,28,30)/t16-/m1/s1. The van der Waals surface area contributed by atoms with Gasteiger partial charge in [-0.1, -0.05) is 17.3 Å². The minimum atomic E-state index is -0.477. The van der Waals surface area contributed by atoms with Crippen molar-refractivity contribution in [3.8, 4) is 11.3 Å². The number of thiophene rings is 1. The molecule has 1 aliphatic carbocycles. The van der Waals surface area contributed by atoms with Gasteiger partial charge in [-0.25, -0.2) is 4.39 Å². The number of hydrogen-bond donors (Lipinski definition) is 2. The summed E-state index contributed by atoms with van der Waals surface area (Å²) in [5, 5.41) is 10.2.